The van der Waals surface area contributed by atoms with Crippen LogP contribution in [0.1, 0.15) is 38.8 Å². The molecule has 9 rings (SSSR count). The Morgan fingerprint density at radius 1 is 0.556 bits per heavy atom. The lowest BCUT2D eigenvalue weighted by molar-refractivity contribution is 0.299. The van der Waals surface area contributed by atoms with E-state index in [1.807, 2.05) is 12.1 Å². The number of para-hydroxylation sites is 1. The summed E-state index contributed by atoms with van der Waals surface area (Å²) >= 11 is 0. The second-order valence-corrected chi connectivity index (χ2v) is 13.4. The summed E-state index contributed by atoms with van der Waals surface area (Å²) in [6.45, 7) is 9.47. The van der Waals surface area contributed by atoms with Crippen molar-refractivity contribution in [2.24, 2.45) is 0 Å². The van der Waals surface area contributed by atoms with Crippen LogP contribution < -0.4 is 0 Å². The Balaban J connectivity index is 1.28. The second kappa shape index (κ2) is 9.12. The number of furan rings is 1. The number of nitrogens with zero attached hydrogens (tertiary/aromatic N) is 2. The maximum atomic E-state index is 6.77. The highest BCUT2D eigenvalue weighted by Crippen LogP contribution is 2.57. The summed E-state index contributed by atoms with van der Waals surface area (Å²) in [4.78, 5) is 10.3. The van der Waals surface area contributed by atoms with Crippen LogP contribution in [0.3, 0.4) is 0 Å². The monoisotopic (exact) mass is 580 g/mol. The van der Waals surface area contributed by atoms with Crippen molar-refractivity contribution in [2.75, 3.05) is 0 Å². The average molecular weight is 581 g/mol. The van der Waals surface area contributed by atoms with Crippen molar-refractivity contribution in [2.45, 2.75) is 38.5 Å². The molecule has 0 spiro atoms. The highest BCUT2D eigenvalue weighted by atomic mass is 16.3. The van der Waals surface area contributed by atoms with Crippen LogP contribution in [0.15, 0.2) is 126 Å². The fraction of sp³-hybridized carbons (Fsp3) is 0.143. The molecule has 3 nitrogen and oxygen atoms in total. The van der Waals surface area contributed by atoms with E-state index >= 15 is 0 Å². The average Bonchev–Trinajstić information content (AvgIpc) is 3.46. The molecule has 1 aliphatic carbocycles. The molecule has 1 aliphatic rings. The summed E-state index contributed by atoms with van der Waals surface area (Å²) < 4.78 is 6.77. The molecule has 0 bridgehead atoms. The summed E-state index contributed by atoms with van der Waals surface area (Å²) in [6, 6.07) is 42.9. The Hall–Kier alpha value is -5.28. The number of hydrogen-bond donors (Lipinski definition) is 0. The van der Waals surface area contributed by atoms with Crippen molar-refractivity contribution in [3.8, 4) is 33.8 Å². The maximum Gasteiger partial charge on any atom is 0.160 e. The second-order valence-electron chi connectivity index (χ2n) is 13.4. The van der Waals surface area contributed by atoms with Gasteiger partial charge in [-0.1, -0.05) is 125 Å². The minimum atomic E-state index is -0.226. The maximum absolute atomic E-state index is 6.77. The van der Waals surface area contributed by atoms with Crippen molar-refractivity contribution in [1.29, 1.82) is 0 Å². The minimum Gasteiger partial charge on any atom is -0.456 e. The first-order chi connectivity index (χ1) is 21.8. The first-order valence-corrected chi connectivity index (χ1v) is 15.7. The predicted octanol–water partition coefficient (Wildman–Crippen LogP) is 11.3. The predicted molar refractivity (Wildman–Crippen MR) is 187 cm³/mol. The standard InChI is InChI=1S/C42H32N2O/c1-41(2)33-24-27(40-43-34-17-11-10-16-31(34)38(44-40)26-13-6-5-7-14-26)18-20-29(33)30-21-22-32-36-28-15-9-8-12-25(28)19-23-35(36)45-39(32)37(30)42(41,3)4/h5-24H,1-4H3. The molecule has 0 fully saturated rings. The van der Waals surface area contributed by atoms with E-state index in [1.165, 1.54) is 43.8 Å². The summed E-state index contributed by atoms with van der Waals surface area (Å²) in [5.41, 5.74) is 10.6. The van der Waals surface area contributed by atoms with Crippen LogP contribution in [-0.2, 0) is 10.8 Å². The SMILES string of the molecule is CC1(C)c2cc(-c3nc(-c4ccccc4)c4ccccc4n3)ccc2-c2ccc3c(oc4ccc5ccccc5c43)c2C1(C)C. The van der Waals surface area contributed by atoms with Gasteiger partial charge in [-0.3, -0.25) is 0 Å². The number of benzene rings is 6. The van der Waals surface area contributed by atoms with Gasteiger partial charge in [0.25, 0.3) is 0 Å². The quantitative estimate of drug-likeness (QED) is 0.204. The number of fused-ring (bicyclic) bond motifs is 10. The molecular formula is C42H32N2O. The van der Waals surface area contributed by atoms with Gasteiger partial charge < -0.3 is 4.42 Å². The molecule has 2 aromatic heterocycles. The third kappa shape index (κ3) is 3.58. The smallest absolute Gasteiger partial charge is 0.160 e. The van der Waals surface area contributed by atoms with Crippen molar-refractivity contribution in [1.82, 2.24) is 9.97 Å². The Morgan fingerprint density at radius 3 is 2.13 bits per heavy atom. The van der Waals surface area contributed by atoms with Crippen LogP contribution in [0.5, 0.6) is 0 Å². The topological polar surface area (TPSA) is 38.9 Å². The van der Waals surface area contributed by atoms with Crippen LogP contribution in [0, 0.1) is 0 Å². The van der Waals surface area contributed by atoms with E-state index in [0.717, 1.165) is 44.7 Å². The molecule has 3 heteroatoms. The fourth-order valence-electron chi connectivity index (χ4n) is 7.56. The van der Waals surface area contributed by atoms with Gasteiger partial charge in [-0.25, -0.2) is 9.97 Å². The molecule has 2 heterocycles. The van der Waals surface area contributed by atoms with Crippen LogP contribution >= 0.6 is 0 Å². The van der Waals surface area contributed by atoms with E-state index in [-0.39, 0.29) is 10.8 Å². The van der Waals surface area contributed by atoms with Crippen molar-refractivity contribution >= 4 is 43.6 Å². The lowest BCUT2D eigenvalue weighted by atomic mass is 9.55. The van der Waals surface area contributed by atoms with E-state index in [2.05, 4.69) is 137 Å². The fourth-order valence-corrected chi connectivity index (χ4v) is 7.56. The van der Waals surface area contributed by atoms with Gasteiger partial charge in [-0.15, -0.1) is 0 Å². The van der Waals surface area contributed by atoms with Crippen LogP contribution in [0.2, 0.25) is 0 Å². The highest BCUT2D eigenvalue weighted by Gasteiger charge is 2.47. The van der Waals surface area contributed by atoms with Crippen LogP contribution in [0.4, 0.5) is 0 Å². The zero-order valence-electron chi connectivity index (χ0n) is 25.8. The number of hydrogen-bond acceptors (Lipinski definition) is 3. The van der Waals surface area contributed by atoms with Crippen LogP contribution in [-0.4, -0.2) is 9.97 Å². The molecule has 8 aromatic rings. The molecule has 0 unspecified atom stereocenters. The zero-order valence-corrected chi connectivity index (χ0v) is 25.8. The van der Waals surface area contributed by atoms with Gasteiger partial charge in [0.2, 0.25) is 0 Å². The van der Waals surface area contributed by atoms with Gasteiger partial charge in [0.15, 0.2) is 5.82 Å². The normalized spacial score (nSPS) is 15.0. The van der Waals surface area contributed by atoms with E-state index < -0.39 is 0 Å². The first kappa shape index (κ1) is 26.2. The van der Waals surface area contributed by atoms with Crippen molar-refractivity contribution < 1.29 is 4.42 Å². The largest absolute Gasteiger partial charge is 0.456 e. The molecule has 0 atom stereocenters. The molecule has 0 amide bonds. The van der Waals surface area contributed by atoms with E-state index in [4.69, 9.17) is 14.4 Å². The molecule has 0 saturated heterocycles. The lowest BCUT2D eigenvalue weighted by Gasteiger charge is -2.48. The molecule has 0 N–H and O–H groups in total. The first-order valence-electron chi connectivity index (χ1n) is 15.7. The highest BCUT2D eigenvalue weighted by molar-refractivity contribution is 6.20. The van der Waals surface area contributed by atoms with Crippen LogP contribution in [0.25, 0.3) is 77.4 Å². The van der Waals surface area contributed by atoms with Gasteiger partial charge in [-0.05, 0) is 57.1 Å². The Morgan fingerprint density at radius 2 is 1.29 bits per heavy atom. The molecular weight excluding hydrogens is 548 g/mol. The third-order valence-electron chi connectivity index (χ3n) is 10.6. The molecule has 0 saturated carbocycles. The Labute approximate surface area is 262 Å². The van der Waals surface area contributed by atoms with E-state index in [0.29, 0.717) is 0 Å². The summed E-state index contributed by atoms with van der Waals surface area (Å²) in [5.74, 6) is 0.745. The zero-order chi connectivity index (χ0) is 30.5. The van der Waals surface area contributed by atoms with E-state index in [1.54, 1.807) is 0 Å². The minimum absolute atomic E-state index is 0.209. The van der Waals surface area contributed by atoms with Crippen molar-refractivity contribution in [3.63, 3.8) is 0 Å². The molecule has 45 heavy (non-hydrogen) atoms. The summed E-state index contributed by atoms with van der Waals surface area (Å²) in [5, 5.41) is 5.90. The Kier molecular flexibility index (Phi) is 5.30. The molecule has 216 valence electrons. The van der Waals surface area contributed by atoms with Gasteiger partial charge in [0.1, 0.15) is 11.2 Å². The molecule has 6 aromatic carbocycles. The lowest BCUT2D eigenvalue weighted by Crippen LogP contribution is -2.43. The molecule has 0 aliphatic heterocycles. The summed E-state index contributed by atoms with van der Waals surface area (Å²) in [7, 11) is 0. The van der Waals surface area contributed by atoms with Gasteiger partial charge >= 0.3 is 0 Å². The molecule has 0 radical (unpaired) electrons. The van der Waals surface area contributed by atoms with Gasteiger partial charge in [0, 0.05) is 38.3 Å². The summed E-state index contributed by atoms with van der Waals surface area (Å²) in [6.07, 6.45) is 0. The number of rotatable bonds is 2. The number of aromatic nitrogens is 2. The van der Waals surface area contributed by atoms with Gasteiger partial charge in [-0.2, -0.15) is 0 Å². The van der Waals surface area contributed by atoms with Crippen molar-refractivity contribution in [3.05, 3.63) is 132 Å². The van der Waals surface area contributed by atoms with Gasteiger partial charge in [0.05, 0.1) is 11.2 Å². The Bertz CT molecular complexity index is 2480. The third-order valence-corrected chi connectivity index (χ3v) is 10.6. The van der Waals surface area contributed by atoms with E-state index in [9.17, 15) is 0 Å².